The van der Waals surface area contributed by atoms with Gasteiger partial charge in [-0.25, -0.2) is 4.98 Å². The highest BCUT2D eigenvalue weighted by molar-refractivity contribution is 7.20. The number of thiazole rings is 1. The summed E-state index contributed by atoms with van der Waals surface area (Å²) in [5, 5.41) is 1.08. The van der Waals surface area contributed by atoms with Gasteiger partial charge in [0.05, 0.1) is 16.0 Å². The summed E-state index contributed by atoms with van der Waals surface area (Å²) >= 11 is 7.37. The van der Waals surface area contributed by atoms with E-state index in [-0.39, 0.29) is 5.91 Å². The second-order valence-electron chi connectivity index (χ2n) is 7.49. The van der Waals surface area contributed by atoms with Gasteiger partial charge in [-0.3, -0.25) is 9.69 Å². The third kappa shape index (κ3) is 5.27. The molecule has 33 heavy (non-hydrogen) atoms. The topological polar surface area (TPSA) is 80.9 Å². The predicted molar refractivity (Wildman–Crippen MR) is 125 cm³/mol. The van der Waals surface area contributed by atoms with Gasteiger partial charge in [-0.15, -0.1) is 0 Å². The molecule has 0 atom stereocenters. The highest BCUT2D eigenvalue weighted by Crippen LogP contribution is 2.32. The Morgan fingerprint density at radius 3 is 2.67 bits per heavy atom. The number of carbonyl (C=O) groups is 1. The molecule has 8 nitrogen and oxygen atoms in total. The van der Waals surface area contributed by atoms with Gasteiger partial charge < -0.3 is 18.8 Å². The first-order valence-corrected chi connectivity index (χ1v) is 11.7. The Labute approximate surface area is 199 Å². The normalized spacial score (nSPS) is 14.5. The minimum Gasteiger partial charge on any atom is -0.492 e. The van der Waals surface area contributed by atoms with E-state index in [4.69, 9.17) is 25.5 Å². The number of fused-ring (bicyclic) bond motifs is 1. The summed E-state index contributed by atoms with van der Waals surface area (Å²) in [6.07, 6.45) is 3.09. The molecule has 0 spiro atoms. The number of amides is 1. The zero-order chi connectivity index (χ0) is 22.6. The van der Waals surface area contributed by atoms with Crippen molar-refractivity contribution < 1.29 is 18.7 Å². The molecule has 0 unspecified atom stereocenters. The Morgan fingerprint density at radius 1 is 1.12 bits per heavy atom. The van der Waals surface area contributed by atoms with E-state index in [9.17, 15) is 4.79 Å². The van der Waals surface area contributed by atoms with Crippen molar-refractivity contribution >= 4 is 39.2 Å². The number of benzene rings is 1. The van der Waals surface area contributed by atoms with Crippen molar-refractivity contribution in [3.05, 3.63) is 65.7 Å². The van der Waals surface area contributed by atoms with Crippen LogP contribution in [0, 0.1) is 0 Å². The van der Waals surface area contributed by atoms with E-state index >= 15 is 0 Å². The van der Waals surface area contributed by atoms with Crippen LogP contribution in [0.1, 0.15) is 10.6 Å². The van der Waals surface area contributed by atoms with Crippen LogP contribution < -0.4 is 9.47 Å². The molecule has 1 saturated heterocycles. The molecule has 0 aliphatic carbocycles. The molecule has 10 heteroatoms. The molecule has 4 heterocycles. The summed E-state index contributed by atoms with van der Waals surface area (Å²) in [4.78, 5) is 25.0. The molecule has 4 aromatic rings. The summed E-state index contributed by atoms with van der Waals surface area (Å²) < 4.78 is 17.8. The fourth-order valence-corrected chi connectivity index (χ4v) is 4.60. The maximum atomic E-state index is 12.3. The predicted octanol–water partition coefficient (Wildman–Crippen LogP) is 4.57. The van der Waals surface area contributed by atoms with Gasteiger partial charge in [0.1, 0.15) is 18.1 Å². The Kier molecular flexibility index (Phi) is 6.43. The maximum Gasteiger partial charge on any atom is 0.289 e. The van der Waals surface area contributed by atoms with Crippen molar-refractivity contribution in [2.45, 2.75) is 0 Å². The van der Waals surface area contributed by atoms with E-state index in [1.807, 2.05) is 35.2 Å². The van der Waals surface area contributed by atoms with Crippen LogP contribution in [0.25, 0.3) is 10.3 Å². The van der Waals surface area contributed by atoms with Crippen molar-refractivity contribution in [1.82, 2.24) is 19.8 Å². The SMILES string of the molecule is O=C(c1ccco1)N1CCN(CCOc2ccc(Oc3nc4ncc(Cl)cc4s3)cc2)CC1. The molecule has 1 fully saturated rings. The average molecular weight is 485 g/mol. The van der Waals surface area contributed by atoms with E-state index in [1.165, 1.54) is 17.6 Å². The van der Waals surface area contributed by atoms with E-state index in [1.54, 1.807) is 18.3 Å². The molecule has 0 N–H and O–H groups in total. The number of ether oxygens (including phenoxy) is 2. The lowest BCUT2D eigenvalue weighted by Crippen LogP contribution is -2.49. The molecular formula is C23H21ClN4O4S. The first-order chi connectivity index (χ1) is 16.1. The number of furan rings is 1. The first kappa shape index (κ1) is 21.7. The highest BCUT2D eigenvalue weighted by atomic mass is 35.5. The molecule has 0 saturated carbocycles. The number of piperazine rings is 1. The average Bonchev–Trinajstić information content (AvgIpc) is 3.50. The van der Waals surface area contributed by atoms with Crippen LogP contribution in [0.4, 0.5) is 0 Å². The van der Waals surface area contributed by atoms with Crippen LogP contribution in [0.2, 0.25) is 5.02 Å². The third-order valence-corrected chi connectivity index (χ3v) is 6.37. The lowest BCUT2D eigenvalue weighted by atomic mass is 10.3. The second-order valence-corrected chi connectivity index (χ2v) is 8.92. The molecule has 5 rings (SSSR count). The molecule has 0 radical (unpaired) electrons. The number of pyridine rings is 1. The van der Waals surface area contributed by atoms with Crippen molar-refractivity contribution in [3.8, 4) is 16.7 Å². The van der Waals surface area contributed by atoms with Gasteiger partial charge in [0.25, 0.3) is 11.1 Å². The molecule has 1 aliphatic rings. The Morgan fingerprint density at radius 2 is 1.91 bits per heavy atom. The van der Waals surface area contributed by atoms with E-state index in [0.717, 1.165) is 30.1 Å². The number of hydrogen-bond acceptors (Lipinski definition) is 8. The molecular weight excluding hydrogens is 464 g/mol. The lowest BCUT2D eigenvalue weighted by molar-refractivity contribution is 0.0590. The van der Waals surface area contributed by atoms with Crippen LogP contribution in [0.3, 0.4) is 0 Å². The van der Waals surface area contributed by atoms with Gasteiger partial charge in [0.15, 0.2) is 11.4 Å². The van der Waals surface area contributed by atoms with Crippen LogP contribution >= 0.6 is 22.9 Å². The lowest BCUT2D eigenvalue weighted by Gasteiger charge is -2.34. The minimum atomic E-state index is -0.0517. The van der Waals surface area contributed by atoms with E-state index in [2.05, 4.69) is 14.9 Å². The zero-order valence-electron chi connectivity index (χ0n) is 17.6. The summed E-state index contributed by atoms with van der Waals surface area (Å²) in [6, 6.07) is 12.7. The van der Waals surface area contributed by atoms with Gasteiger partial charge >= 0.3 is 0 Å². The van der Waals surface area contributed by atoms with Gasteiger partial charge in [-0.05, 0) is 42.5 Å². The van der Waals surface area contributed by atoms with Crippen LogP contribution in [0.5, 0.6) is 16.7 Å². The fourth-order valence-electron chi connectivity index (χ4n) is 3.55. The van der Waals surface area contributed by atoms with Crippen molar-refractivity contribution in [2.75, 3.05) is 39.3 Å². The molecule has 1 amide bonds. The molecule has 3 aromatic heterocycles. The Balaban J connectivity index is 1.06. The quantitative estimate of drug-likeness (QED) is 0.380. The van der Waals surface area contributed by atoms with E-state index in [0.29, 0.717) is 47.1 Å². The third-order valence-electron chi connectivity index (χ3n) is 5.29. The summed E-state index contributed by atoms with van der Waals surface area (Å²) in [7, 11) is 0. The molecule has 170 valence electrons. The van der Waals surface area contributed by atoms with Crippen molar-refractivity contribution in [1.29, 1.82) is 0 Å². The van der Waals surface area contributed by atoms with Crippen LogP contribution in [0.15, 0.2) is 59.3 Å². The van der Waals surface area contributed by atoms with Gasteiger partial charge in [-0.1, -0.05) is 22.9 Å². The Bertz CT molecular complexity index is 1220. The number of carbonyl (C=O) groups excluding carboxylic acids is 1. The number of rotatable bonds is 7. The van der Waals surface area contributed by atoms with E-state index < -0.39 is 0 Å². The van der Waals surface area contributed by atoms with Crippen LogP contribution in [-0.2, 0) is 0 Å². The summed E-state index contributed by atoms with van der Waals surface area (Å²) in [6.45, 7) is 4.34. The van der Waals surface area contributed by atoms with Crippen LogP contribution in [-0.4, -0.2) is 65.0 Å². The van der Waals surface area contributed by atoms with Gasteiger partial charge in [0.2, 0.25) is 0 Å². The summed E-state index contributed by atoms with van der Waals surface area (Å²) in [5.41, 5.74) is 0.616. The molecule has 0 bridgehead atoms. The number of aromatic nitrogens is 2. The second kappa shape index (κ2) is 9.78. The minimum absolute atomic E-state index is 0.0517. The number of halogens is 1. The maximum absolute atomic E-state index is 12.3. The first-order valence-electron chi connectivity index (χ1n) is 10.5. The fraction of sp³-hybridized carbons (Fsp3) is 0.261. The largest absolute Gasteiger partial charge is 0.492 e. The highest BCUT2D eigenvalue weighted by Gasteiger charge is 2.23. The molecule has 1 aliphatic heterocycles. The molecule has 1 aromatic carbocycles. The van der Waals surface area contributed by atoms with Crippen molar-refractivity contribution in [2.24, 2.45) is 0 Å². The zero-order valence-corrected chi connectivity index (χ0v) is 19.2. The van der Waals surface area contributed by atoms with Crippen molar-refractivity contribution in [3.63, 3.8) is 0 Å². The van der Waals surface area contributed by atoms with Gasteiger partial charge in [-0.2, -0.15) is 4.98 Å². The number of nitrogens with zero attached hydrogens (tertiary/aromatic N) is 4. The summed E-state index contributed by atoms with van der Waals surface area (Å²) in [5.74, 6) is 1.78. The number of hydrogen-bond donors (Lipinski definition) is 0. The van der Waals surface area contributed by atoms with Gasteiger partial charge in [0, 0.05) is 38.9 Å². The Hall–Kier alpha value is -3.14. The smallest absolute Gasteiger partial charge is 0.289 e. The standard InChI is InChI=1S/C23H21ClN4O4S/c24-16-14-20-21(25-15-16)26-23(33-20)32-18-5-3-17(4-6-18)30-13-11-27-7-9-28(10-8-27)22(29)19-2-1-12-31-19/h1-6,12,14-15H,7-11,13H2. The monoisotopic (exact) mass is 484 g/mol.